The van der Waals surface area contributed by atoms with Gasteiger partial charge in [-0.25, -0.2) is 8.42 Å². The summed E-state index contributed by atoms with van der Waals surface area (Å²) in [4.78, 5) is 8.94. The average molecular weight is 298 g/mol. The van der Waals surface area contributed by atoms with Crippen LogP contribution in [0.4, 0.5) is 0 Å². The second-order valence-electron chi connectivity index (χ2n) is 1.64. The van der Waals surface area contributed by atoms with Crippen LogP contribution in [0.3, 0.4) is 0 Å². The van der Waals surface area contributed by atoms with Gasteiger partial charge in [0.2, 0.25) is 5.78 Å². The number of carbonyl (C=O) groups is 1. The van der Waals surface area contributed by atoms with Gasteiger partial charge in [-0.1, -0.05) is 46.4 Å². The van der Waals surface area contributed by atoms with Crippen LogP contribution in [0.25, 0.3) is 0 Å². The first-order chi connectivity index (χ1) is 5.10. The van der Waals surface area contributed by atoms with Crippen LogP contribution >= 0.6 is 46.4 Å². The molecule has 0 spiro atoms. The molecular weight excluding hydrogens is 297 g/mol. The minimum Gasteiger partial charge on any atom is -0.745 e. The third-order valence-corrected chi connectivity index (χ3v) is 3.53. The molecule has 0 N–H and O–H groups in total. The Morgan fingerprint density at radius 3 is 1.69 bits per heavy atom. The first kappa shape index (κ1) is 17.1. The number of hydrogen-bond donors (Lipinski definition) is 0. The maximum Gasteiger partial charge on any atom is 1.00 e. The van der Waals surface area contributed by atoms with Crippen molar-refractivity contribution in [2.75, 3.05) is 0 Å². The summed E-state index contributed by atoms with van der Waals surface area (Å²) < 4.78 is 27.6. The van der Waals surface area contributed by atoms with Gasteiger partial charge in [-0.15, -0.1) is 0 Å². The number of carbonyl (C=O) groups excluding carboxylic acids is 1. The Kier molecular flexibility index (Phi) is 7.55. The maximum absolute atomic E-state index is 10.7. The summed E-state index contributed by atoms with van der Waals surface area (Å²) in [6, 6.07) is 0. The fourth-order valence-corrected chi connectivity index (χ4v) is 1.51. The van der Waals surface area contributed by atoms with Crippen molar-refractivity contribution in [1.29, 1.82) is 0 Å². The Morgan fingerprint density at radius 2 is 1.62 bits per heavy atom. The van der Waals surface area contributed by atoms with E-state index in [0.29, 0.717) is 0 Å². The van der Waals surface area contributed by atoms with E-state index in [1.807, 2.05) is 0 Å². The van der Waals surface area contributed by atoms with Crippen LogP contribution in [0, 0.1) is 0 Å². The summed E-state index contributed by atoms with van der Waals surface area (Å²) in [5.41, 5.74) is 0. The van der Waals surface area contributed by atoms with Crippen LogP contribution in [-0.2, 0) is 14.9 Å². The molecular formula is C3HCl4NaO4S. The summed E-state index contributed by atoms with van der Waals surface area (Å²) in [7, 11) is -5.18. The predicted molar refractivity (Wildman–Crippen MR) is 44.6 cm³/mol. The van der Waals surface area contributed by atoms with Crippen LogP contribution < -0.4 is 29.6 Å². The minimum atomic E-state index is -5.18. The molecule has 0 unspecified atom stereocenters. The molecule has 0 fully saturated rings. The summed E-state index contributed by atoms with van der Waals surface area (Å²) >= 11 is 19.7. The molecule has 0 aliphatic heterocycles. The van der Waals surface area contributed by atoms with Crippen LogP contribution in [-0.4, -0.2) is 27.3 Å². The smallest absolute Gasteiger partial charge is 0.745 e. The van der Waals surface area contributed by atoms with E-state index in [1.165, 1.54) is 0 Å². The number of hydrogen-bond acceptors (Lipinski definition) is 4. The Morgan fingerprint density at radius 1 is 1.31 bits per heavy atom. The van der Waals surface area contributed by atoms with Crippen molar-refractivity contribution in [2.45, 2.75) is 8.50 Å². The number of Topliss-reactive ketones (excluding diaryl/α,β-unsaturated/α-hetero) is 1. The number of halogens is 4. The molecule has 0 radical (unpaired) electrons. The third-order valence-electron chi connectivity index (χ3n) is 0.799. The zero-order valence-electron chi connectivity index (χ0n) is 6.13. The van der Waals surface area contributed by atoms with Crippen molar-refractivity contribution in [3.8, 4) is 0 Å². The third kappa shape index (κ3) is 4.40. The Hall–Kier alpha value is 1.74. The molecule has 0 aromatic heterocycles. The predicted octanol–water partition coefficient (Wildman–Crippen LogP) is -1.96. The Labute approximate surface area is 117 Å². The molecule has 72 valence electrons. The fraction of sp³-hybridized carbons (Fsp3) is 0.667. The molecule has 4 nitrogen and oxygen atoms in total. The second-order valence-corrected chi connectivity index (χ2v) is 6.03. The second kappa shape index (κ2) is 5.72. The molecule has 0 aromatic carbocycles. The minimum absolute atomic E-state index is 0. The zero-order chi connectivity index (χ0) is 10.2. The normalized spacial score (nSPS) is 12.5. The van der Waals surface area contributed by atoms with E-state index in [0.717, 1.165) is 0 Å². The van der Waals surface area contributed by atoms with E-state index in [9.17, 15) is 17.8 Å². The van der Waals surface area contributed by atoms with Crippen molar-refractivity contribution in [2.24, 2.45) is 0 Å². The van der Waals surface area contributed by atoms with Gasteiger partial charge in [0.05, 0.1) is 0 Å². The van der Waals surface area contributed by atoms with Crippen molar-refractivity contribution in [3.63, 3.8) is 0 Å². The number of ketones is 1. The van der Waals surface area contributed by atoms with Gasteiger partial charge in [-0.3, -0.25) is 4.79 Å². The fourth-order valence-electron chi connectivity index (χ4n) is 0.250. The first-order valence-electron chi connectivity index (χ1n) is 2.26. The van der Waals surface area contributed by atoms with E-state index in [-0.39, 0.29) is 29.6 Å². The first-order valence-corrected chi connectivity index (χ1v) is 5.30. The molecule has 13 heavy (non-hydrogen) atoms. The van der Waals surface area contributed by atoms with Gasteiger partial charge in [-0.2, -0.15) is 0 Å². The van der Waals surface area contributed by atoms with E-state index in [4.69, 9.17) is 46.4 Å². The standard InChI is InChI=1S/C3H2Cl4O4S.Na/c4-2(5)1(8)3(6,7)12(9,10)11;/h2H,(H,9,10,11);/q;+1/p-1. The SMILES string of the molecule is O=C(C(Cl)Cl)C(Cl)(Cl)S(=O)(=O)[O-].[Na+]. The van der Waals surface area contributed by atoms with Gasteiger partial charge >= 0.3 is 29.6 Å². The molecule has 0 aromatic rings. The van der Waals surface area contributed by atoms with E-state index < -0.39 is 24.4 Å². The number of rotatable bonds is 3. The summed E-state index contributed by atoms with van der Waals surface area (Å²) in [5, 5.41) is 0. The van der Waals surface area contributed by atoms with Gasteiger partial charge < -0.3 is 4.55 Å². The van der Waals surface area contributed by atoms with Crippen molar-refractivity contribution in [1.82, 2.24) is 0 Å². The van der Waals surface area contributed by atoms with Gasteiger partial charge in [0, 0.05) is 0 Å². The van der Waals surface area contributed by atoms with Gasteiger partial charge in [-0.05, 0) is 0 Å². The number of alkyl halides is 4. The van der Waals surface area contributed by atoms with Crippen molar-refractivity contribution < 1.29 is 47.3 Å². The quantitative estimate of drug-likeness (QED) is 0.344. The molecule has 0 rings (SSSR count). The molecule has 0 atom stereocenters. The molecule has 0 aliphatic carbocycles. The van der Waals surface area contributed by atoms with Gasteiger partial charge in [0.1, 0.15) is 10.1 Å². The summed E-state index contributed by atoms with van der Waals surface area (Å²) in [5.74, 6) is -1.48. The van der Waals surface area contributed by atoms with Crippen LogP contribution in [0.2, 0.25) is 0 Å². The molecule has 0 amide bonds. The van der Waals surface area contributed by atoms with Crippen LogP contribution in [0.5, 0.6) is 0 Å². The summed E-state index contributed by atoms with van der Waals surface area (Å²) in [6.07, 6.45) is 0. The van der Waals surface area contributed by atoms with E-state index in [2.05, 4.69) is 0 Å². The van der Waals surface area contributed by atoms with Crippen molar-refractivity contribution in [3.05, 3.63) is 0 Å². The molecule has 0 saturated heterocycles. The van der Waals surface area contributed by atoms with Gasteiger partial charge in [0.25, 0.3) is 3.67 Å². The maximum atomic E-state index is 10.7. The Bertz CT molecular complexity index is 286. The zero-order valence-corrected chi connectivity index (χ0v) is 12.0. The molecule has 0 aliphatic rings. The molecule has 0 heterocycles. The largest absolute Gasteiger partial charge is 1.00 e. The monoisotopic (exact) mass is 296 g/mol. The van der Waals surface area contributed by atoms with Crippen LogP contribution in [0.15, 0.2) is 0 Å². The van der Waals surface area contributed by atoms with Gasteiger partial charge in [0.15, 0.2) is 4.84 Å². The van der Waals surface area contributed by atoms with Crippen LogP contribution in [0.1, 0.15) is 0 Å². The molecule has 0 bridgehead atoms. The van der Waals surface area contributed by atoms with Crippen molar-refractivity contribution >= 4 is 62.3 Å². The average Bonchev–Trinajstić information content (AvgIpc) is 1.83. The molecule has 10 heteroatoms. The van der Waals surface area contributed by atoms with E-state index >= 15 is 0 Å². The molecule has 0 saturated carbocycles. The van der Waals surface area contributed by atoms with E-state index in [1.54, 1.807) is 0 Å². The topological polar surface area (TPSA) is 74.3 Å². The summed E-state index contributed by atoms with van der Waals surface area (Å²) in [6.45, 7) is 0. The Balaban J connectivity index is 0.